The van der Waals surface area contributed by atoms with Crippen molar-refractivity contribution in [1.29, 1.82) is 0 Å². The third kappa shape index (κ3) is 4.21. The van der Waals surface area contributed by atoms with E-state index < -0.39 is 17.2 Å². The van der Waals surface area contributed by atoms with Gasteiger partial charge in [0.15, 0.2) is 0 Å². The number of hydrogen-bond acceptors (Lipinski definition) is 0. The van der Waals surface area contributed by atoms with Crippen molar-refractivity contribution in [3.8, 4) is 0 Å². The van der Waals surface area contributed by atoms with Gasteiger partial charge in [0.05, 0.1) is 5.57 Å². The van der Waals surface area contributed by atoms with Crippen LogP contribution < -0.4 is 0 Å². The molecule has 0 saturated carbocycles. The van der Waals surface area contributed by atoms with Crippen molar-refractivity contribution < 1.29 is 13.2 Å². The molecule has 0 aromatic rings. The van der Waals surface area contributed by atoms with E-state index >= 15 is 0 Å². The van der Waals surface area contributed by atoms with Gasteiger partial charge < -0.3 is 0 Å². The summed E-state index contributed by atoms with van der Waals surface area (Å²) in [5.74, 6) is 0. The number of allylic oxidation sites excluding steroid dienone is 3. The molecule has 0 aromatic heterocycles. The molecule has 0 aliphatic carbocycles. The topological polar surface area (TPSA) is 0 Å². The molecule has 0 nitrogen and oxygen atoms in total. The predicted octanol–water partition coefficient (Wildman–Crippen LogP) is 3.71. The number of rotatable bonds is 1. The van der Waals surface area contributed by atoms with Gasteiger partial charge in [-0.1, -0.05) is 39.5 Å². The zero-order chi connectivity index (χ0) is 9.99. The van der Waals surface area contributed by atoms with Crippen LogP contribution >= 0.6 is 0 Å². The molecule has 0 spiro atoms. The largest absolute Gasteiger partial charge is 0.416 e. The average molecular weight is 178 g/mol. The Morgan fingerprint density at radius 2 is 1.58 bits per heavy atom. The smallest absolute Gasteiger partial charge is 0.166 e. The van der Waals surface area contributed by atoms with Gasteiger partial charge in [0.2, 0.25) is 0 Å². The van der Waals surface area contributed by atoms with Crippen molar-refractivity contribution in [3.63, 3.8) is 0 Å². The number of halogens is 3. The normalized spacial score (nSPS) is 14.7. The summed E-state index contributed by atoms with van der Waals surface area (Å²) in [5.41, 5.74) is -1.14. The molecular weight excluding hydrogens is 165 g/mol. The summed E-state index contributed by atoms with van der Waals surface area (Å²) in [6, 6.07) is 0. The Labute approximate surface area is 70.8 Å². The molecule has 0 N–H and O–H groups in total. The van der Waals surface area contributed by atoms with Crippen LogP contribution in [0, 0.1) is 5.41 Å². The van der Waals surface area contributed by atoms with E-state index in [2.05, 4.69) is 6.58 Å². The van der Waals surface area contributed by atoms with Gasteiger partial charge in [-0.2, -0.15) is 13.2 Å². The van der Waals surface area contributed by atoms with Crippen LogP contribution in [0.4, 0.5) is 13.2 Å². The third-order valence-electron chi connectivity index (χ3n) is 1.14. The molecule has 0 amide bonds. The maximum atomic E-state index is 12.1. The molecule has 0 atom stereocenters. The Balaban J connectivity index is 4.81. The highest BCUT2D eigenvalue weighted by Crippen LogP contribution is 2.30. The maximum absolute atomic E-state index is 12.1. The van der Waals surface area contributed by atoms with Gasteiger partial charge in [-0.3, -0.25) is 0 Å². The highest BCUT2D eigenvalue weighted by atomic mass is 19.4. The average Bonchev–Trinajstić information content (AvgIpc) is 1.78. The number of alkyl halides is 3. The van der Waals surface area contributed by atoms with E-state index in [0.29, 0.717) is 0 Å². The van der Waals surface area contributed by atoms with Crippen LogP contribution in [0.1, 0.15) is 20.8 Å². The second-order valence-electron chi connectivity index (χ2n) is 3.67. The highest BCUT2D eigenvalue weighted by Gasteiger charge is 2.32. The van der Waals surface area contributed by atoms with Crippen molar-refractivity contribution in [2.75, 3.05) is 0 Å². The minimum atomic E-state index is -4.28. The standard InChI is InChI=1S/C9H13F3/c1-5-7(9(10,11)12)6-8(2,3)4/h5-6H,1H2,2-4H3/b7-6+. The van der Waals surface area contributed by atoms with Gasteiger partial charge in [-0.05, 0) is 5.41 Å². The van der Waals surface area contributed by atoms with Gasteiger partial charge in [-0.25, -0.2) is 0 Å². The van der Waals surface area contributed by atoms with E-state index in [1.807, 2.05) is 0 Å². The Morgan fingerprint density at radius 3 is 1.67 bits per heavy atom. The van der Waals surface area contributed by atoms with Gasteiger partial charge in [-0.15, -0.1) is 0 Å². The van der Waals surface area contributed by atoms with E-state index in [1.165, 1.54) is 6.08 Å². The van der Waals surface area contributed by atoms with Gasteiger partial charge in [0, 0.05) is 0 Å². The molecule has 0 saturated heterocycles. The SMILES string of the molecule is C=C/C(=C\C(C)(C)C)C(F)(F)F. The van der Waals surface area contributed by atoms with Crippen molar-refractivity contribution >= 4 is 0 Å². The summed E-state index contributed by atoms with van der Waals surface area (Å²) >= 11 is 0. The summed E-state index contributed by atoms with van der Waals surface area (Å²) in [7, 11) is 0. The third-order valence-corrected chi connectivity index (χ3v) is 1.14. The molecule has 0 heterocycles. The summed E-state index contributed by atoms with van der Waals surface area (Å²) in [4.78, 5) is 0. The van der Waals surface area contributed by atoms with Gasteiger partial charge in [0.1, 0.15) is 0 Å². The molecule has 0 fully saturated rings. The zero-order valence-electron chi connectivity index (χ0n) is 7.50. The molecule has 70 valence electrons. The molecule has 0 unspecified atom stereocenters. The summed E-state index contributed by atoms with van der Waals surface area (Å²) in [6.45, 7) is 8.26. The van der Waals surface area contributed by atoms with E-state index in [1.54, 1.807) is 20.8 Å². The molecule has 3 heteroatoms. The first-order valence-electron chi connectivity index (χ1n) is 3.59. The van der Waals surface area contributed by atoms with Gasteiger partial charge >= 0.3 is 6.18 Å². The Kier molecular flexibility index (Phi) is 3.13. The molecule has 0 rings (SSSR count). The maximum Gasteiger partial charge on any atom is 0.416 e. The fraction of sp³-hybridized carbons (Fsp3) is 0.556. The second kappa shape index (κ2) is 3.33. The lowest BCUT2D eigenvalue weighted by Gasteiger charge is -2.16. The Bertz CT molecular complexity index is 191. The minimum Gasteiger partial charge on any atom is -0.166 e. The molecule has 0 radical (unpaired) electrons. The van der Waals surface area contributed by atoms with Crippen LogP contribution in [0.5, 0.6) is 0 Å². The van der Waals surface area contributed by atoms with Crippen LogP contribution in [0.3, 0.4) is 0 Å². The van der Waals surface area contributed by atoms with Crippen LogP contribution in [0.15, 0.2) is 24.3 Å². The van der Waals surface area contributed by atoms with Crippen molar-refractivity contribution in [2.24, 2.45) is 5.41 Å². The lowest BCUT2D eigenvalue weighted by Crippen LogP contribution is -2.13. The summed E-state index contributed by atoms with van der Waals surface area (Å²) < 4.78 is 36.3. The van der Waals surface area contributed by atoms with E-state index in [-0.39, 0.29) is 0 Å². The van der Waals surface area contributed by atoms with Crippen molar-refractivity contribution in [2.45, 2.75) is 26.9 Å². The molecule has 12 heavy (non-hydrogen) atoms. The Morgan fingerprint density at radius 1 is 1.17 bits per heavy atom. The lowest BCUT2D eigenvalue weighted by molar-refractivity contribution is -0.0889. The van der Waals surface area contributed by atoms with Crippen LogP contribution in [0.25, 0.3) is 0 Å². The van der Waals surface area contributed by atoms with Crippen LogP contribution in [-0.4, -0.2) is 6.18 Å². The predicted molar refractivity (Wildman–Crippen MR) is 43.8 cm³/mol. The van der Waals surface area contributed by atoms with Crippen molar-refractivity contribution in [3.05, 3.63) is 24.3 Å². The summed E-state index contributed by atoms with van der Waals surface area (Å²) in [6.07, 6.45) is -2.28. The lowest BCUT2D eigenvalue weighted by atomic mass is 9.93. The highest BCUT2D eigenvalue weighted by molar-refractivity contribution is 5.23. The quantitative estimate of drug-likeness (QED) is 0.537. The van der Waals surface area contributed by atoms with Crippen molar-refractivity contribution in [1.82, 2.24) is 0 Å². The Hall–Kier alpha value is -0.730. The molecule has 0 aliphatic heterocycles. The second-order valence-corrected chi connectivity index (χ2v) is 3.67. The molecule has 0 aromatic carbocycles. The minimum absolute atomic E-state index is 0.473. The summed E-state index contributed by atoms with van der Waals surface area (Å²) in [5, 5.41) is 0. The monoisotopic (exact) mass is 178 g/mol. The number of hydrogen-bond donors (Lipinski definition) is 0. The first kappa shape index (κ1) is 11.3. The molecular formula is C9H13F3. The fourth-order valence-corrected chi connectivity index (χ4v) is 0.723. The van der Waals surface area contributed by atoms with E-state index in [0.717, 1.165) is 6.08 Å². The van der Waals surface area contributed by atoms with Crippen LogP contribution in [-0.2, 0) is 0 Å². The first-order valence-corrected chi connectivity index (χ1v) is 3.59. The van der Waals surface area contributed by atoms with Crippen LogP contribution in [0.2, 0.25) is 0 Å². The van der Waals surface area contributed by atoms with Gasteiger partial charge in [0.25, 0.3) is 0 Å². The fourth-order valence-electron chi connectivity index (χ4n) is 0.723. The molecule has 0 aliphatic rings. The first-order chi connectivity index (χ1) is 5.17. The van der Waals surface area contributed by atoms with E-state index in [4.69, 9.17) is 0 Å². The molecule has 0 bridgehead atoms. The van der Waals surface area contributed by atoms with E-state index in [9.17, 15) is 13.2 Å². The zero-order valence-corrected chi connectivity index (χ0v) is 7.50.